The molecule has 1 aliphatic heterocycles. The lowest BCUT2D eigenvalue weighted by molar-refractivity contribution is 0.0924. The Hall–Kier alpha value is -0.200. The van der Waals surface area contributed by atoms with Crippen molar-refractivity contribution in [1.29, 1.82) is 0 Å². The zero-order valence-corrected chi connectivity index (χ0v) is 10.3. The predicted molar refractivity (Wildman–Crippen MR) is 62.6 cm³/mol. The molecule has 0 spiro atoms. The van der Waals surface area contributed by atoms with Crippen molar-refractivity contribution in [2.45, 2.75) is 18.6 Å². The standard InChI is InChI=1S/C11H24N2O3/c1-13(10-3-5-16-9-10)8-11(14)7-12-4-6-15-2/h10-12,14H,3-9H2,1-2H3. The second kappa shape index (κ2) is 7.97. The summed E-state index contributed by atoms with van der Waals surface area (Å²) in [5.41, 5.74) is 0. The summed E-state index contributed by atoms with van der Waals surface area (Å²) in [5, 5.41) is 12.9. The van der Waals surface area contributed by atoms with E-state index in [1.807, 2.05) is 7.05 Å². The molecule has 2 atom stereocenters. The Morgan fingerprint density at radius 1 is 1.62 bits per heavy atom. The van der Waals surface area contributed by atoms with E-state index in [1.54, 1.807) is 7.11 Å². The van der Waals surface area contributed by atoms with Gasteiger partial charge in [0, 0.05) is 39.4 Å². The highest BCUT2D eigenvalue weighted by molar-refractivity contribution is 4.75. The summed E-state index contributed by atoms with van der Waals surface area (Å²) in [4.78, 5) is 2.18. The third-order valence-electron chi connectivity index (χ3n) is 2.89. The maximum atomic E-state index is 9.79. The highest BCUT2D eigenvalue weighted by atomic mass is 16.5. The Balaban J connectivity index is 2.05. The van der Waals surface area contributed by atoms with Crippen LogP contribution in [-0.2, 0) is 9.47 Å². The zero-order valence-electron chi connectivity index (χ0n) is 10.3. The highest BCUT2D eigenvalue weighted by Crippen LogP contribution is 2.10. The van der Waals surface area contributed by atoms with Gasteiger partial charge in [-0.05, 0) is 13.5 Å². The molecule has 0 aromatic carbocycles. The topological polar surface area (TPSA) is 54.0 Å². The average Bonchev–Trinajstić information content (AvgIpc) is 2.77. The van der Waals surface area contributed by atoms with Gasteiger partial charge in [-0.2, -0.15) is 0 Å². The van der Waals surface area contributed by atoms with E-state index in [0.29, 0.717) is 25.7 Å². The average molecular weight is 232 g/mol. The minimum atomic E-state index is -0.331. The summed E-state index contributed by atoms with van der Waals surface area (Å²) in [5.74, 6) is 0. The third kappa shape index (κ3) is 5.23. The van der Waals surface area contributed by atoms with Crippen LogP contribution in [0.15, 0.2) is 0 Å². The van der Waals surface area contributed by atoms with Crippen LogP contribution in [0.4, 0.5) is 0 Å². The molecule has 1 fully saturated rings. The molecule has 96 valence electrons. The van der Waals surface area contributed by atoms with Crippen molar-refractivity contribution < 1.29 is 14.6 Å². The fourth-order valence-electron chi connectivity index (χ4n) is 1.86. The van der Waals surface area contributed by atoms with Gasteiger partial charge in [-0.25, -0.2) is 0 Å². The van der Waals surface area contributed by atoms with Crippen LogP contribution in [0.1, 0.15) is 6.42 Å². The first-order chi connectivity index (χ1) is 7.74. The minimum absolute atomic E-state index is 0.331. The van der Waals surface area contributed by atoms with E-state index in [-0.39, 0.29) is 6.10 Å². The zero-order chi connectivity index (χ0) is 11.8. The van der Waals surface area contributed by atoms with Gasteiger partial charge in [0.15, 0.2) is 0 Å². The summed E-state index contributed by atoms with van der Waals surface area (Å²) in [6.07, 6.45) is 0.739. The number of ether oxygens (including phenoxy) is 2. The summed E-state index contributed by atoms with van der Waals surface area (Å²) in [6.45, 7) is 4.40. The number of aliphatic hydroxyl groups is 1. The van der Waals surface area contributed by atoms with Crippen LogP contribution < -0.4 is 5.32 Å². The molecule has 0 aromatic rings. The van der Waals surface area contributed by atoms with Crippen molar-refractivity contribution in [3.63, 3.8) is 0 Å². The fraction of sp³-hybridized carbons (Fsp3) is 1.00. The van der Waals surface area contributed by atoms with E-state index < -0.39 is 0 Å². The normalized spacial score (nSPS) is 22.9. The van der Waals surface area contributed by atoms with Crippen LogP contribution in [0.3, 0.4) is 0 Å². The van der Waals surface area contributed by atoms with Gasteiger partial charge in [0.2, 0.25) is 0 Å². The van der Waals surface area contributed by atoms with E-state index in [4.69, 9.17) is 9.47 Å². The second-order valence-corrected chi connectivity index (χ2v) is 4.31. The summed E-state index contributed by atoms with van der Waals surface area (Å²) < 4.78 is 10.2. The molecule has 1 heterocycles. The summed E-state index contributed by atoms with van der Waals surface area (Å²) in [7, 11) is 3.71. The van der Waals surface area contributed by atoms with E-state index in [0.717, 1.165) is 26.2 Å². The quantitative estimate of drug-likeness (QED) is 0.542. The van der Waals surface area contributed by atoms with Gasteiger partial charge in [-0.1, -0.05) is 0 Å². The molecule has 5 heteroatoms. The Morgan fingerprint density at radius 2 is 2.44 bits per heavy atom. The Labute approximate surface area is 97.7 Å². The van der Waals surface area contributed by atoms with E-state index >= 15 is 0 Å². The molecule has 0 bridgehead atoms. The molecule has 1 saturated heterocycles. The number of hydrogen-bond acceptors (Lipinski definition) is 5. The minimum Gasteiger partial charge on any atom is -0.390 e. The van der Waals surface area contributed by atoms with Gasteiger partial charge >= 0.3 is 0 Å². The van der Waals surface area contributed by atoms with Crippen molar-refractivity contribution in [2.24, 2.45) is 0 Å². The second-order valence-electron chi connectivity index (χ2n) is 4.31. The molecule has 0 aliphatic carbocycles. The van der Waals surface area contributed by atoms with Crippen molar-refractivity contribution in [2.75, 3.05) is 53.6 Å². The molecule has 0 saturated carbocycles. The molecule has 5 nitrogen and oxygen atoms in total. The van der Waals surface area contributed by atoms with E-state index in [9.17, 15) is 5.11 Å². The SMILES string of the molecule is COCCNCC(O)CN(C)C1CCOC1. The molecular formula is C11H24N2O3. The lowest BCUT2D eigenvalue weighted by Gasteiger charge is -2.25. The highest BCUT2D eigenvalue weighted by Gasteiger charge is 2.21. The van der Waals surface area contributed by atoms with Crippen LogP contribution >= 0.6 is 0 Å². The number of methoxy groups -OCH3 is 1. The van der Waals surface area contributed by atoms with Gasteiger partial charge in [-0.15, -0.1) is 0 Å². The van der Waals surface area contributed by atoms with Gasteiger partial charge < -0.3 is 19.9 Å². The summed E-state index contributed by atoms with van der Waals surface area (Å²) in [6, 6.07) is 0.466. The van der Waals surface area contributed by atoms with Crippen molar-refractivity contribution >= 4 is 0 Å². The molecule has 1 rings (SSSR count). The Bertz CT molecular complexity index is 175. The first kappa shape index (κ1) is 13.9. The van der Waals surface area contributed by atoms with Crippen LogP contribution in [0.2, 0.25) is 0 Å². The number of hydrogen-bond donors (Lipinski definition) is 2. The van der Waals surface area contributed by atoms with Crippen LogP contribution in [0.25, 0.3) is 0 Å². The maximum Gasteiger partial charge on any atom is 0.0791 e. The van der Waals surface area contributed by atoms with Crippen molar-refractivity contribution in [1.82, 2.24) is 10.2 Å². The number of rotatable bonds is 8. The number of aliphatic hydroxyl groups excluding tert-OH is 1. The molecule has 0 amide bonds. The number of nitrogens with zero attached hydrogens (tertiary/aromatic N) is 1. The Morgan fingerprint density at radius 3 is 3.06 bits per heavy atom. The Kier molecular flexibility index (Phi) is 6.91. The molecule has 16 heavy (non-hydrogen) atoms. The molecule has 0 radical (unpaired) electrons. The van der Waals surface area contributed by atoms with Crippen molar-refractivity contribution in [3.8, 4) is 0 Å². The van der Waals surface area contributed by atoms with Crippen LogP contribution in [0, 0.1) is 0 Å². The first-order valence-electron chi connectivity index (χ1n) is 5.89. The fourth-order valence-corrected chi connectivity index (χ4v) is 1.86. The third-order valence-corrected chi connectivity index (χ3v) is 2.89. The molecule has 0 aromatic heterocycles. The van der Waals surface area contributed by atoms with E-state index in [2.05, 4.69) is 10.2 Å². The molecule has 1 aliphatic rings. The molecule has 2 N–H and O–H groups in total. The monoisotopic (exact) mass is 232 g/mol. The lowest BCUT2D eigenvalue weighted by Crippen LogP contribution is -2.42. The van der Waals surface area contributed by atoms with Crippen LogP contribution in [-0.4, -0.2) is 75.8 Å². The largest absolute Gasteiger partial charge is 0.390 e. The number of likely N-dealkylation sites (N-methyl/N-ethyl adjacent to an activating group) is 1. The van der Waals surface area contributed by atoms with Gasteiger partial charge in [0.05, 0.1) is 19.3 Å². The van der Waals surface area contributed by atoms with Crippen molar-refractivity contribution in [3.05, 3.63) is 0 Å². The summed E-state index contributed by atoms with van der Waals surface area (Å²) >= 11 is 0. The van der Waals surface area contributed by atoms with Gasteiger partial charge in [0.1, 0.15) is 0 Å². The number of nitrogens with one attached hydrogen (secondary N) is 1. The lowest BCUT2D eigenvalue weighted by atomic mass is 10.2. The first-order valence-corrected chi connectivity index (χ1v) is 5.89. The van der Waals surface area contributed by atoms with E-state index in [1.165, 1.54) is 0 Å². The molecule has 2 unspecified atom stereocenters. The predicted octanol–water partition coefficient (Wildman–Crippen LogP) is -0.696. The maximum absolute atomic E-state index is 9.79. The van der Waals surface area contributed by atoms with Gasteiger partial charge in [0.25, 0.3) is 0 Å². The van der Waals surface area contributed by atoms with Crippen LogP contribution in [0.5, 0.6) is 0 Å². The van der Waals surface area contributed by atoms with Gasteiger partial charge in [-0.3, -0.25) is 4.90 Å². The molecular weight excluding hydrogens is 208 g/mol. The smallest absolute Gasteiger partial charge is 0.0791 e.